The zero-order valence-corrected chi connectivity index (χ0v) is 12.8. The predicted octanol–water partition coefficient (Wildman–Crippen LogP) is 4.24. The van der Waals surface area contributed by atoms with Gasteiger partial charge in [0.25, 0.3) is 0 Å². The largest absolute Gasteiger partial charge is 0.244 e. The molecule has 0 saturated heterocycles. The highest BCUT2D eigenvalue weighted by atomic mass is 15.0. The summed E-state index contributed by atoms with van der Waals surface area (Å²) in [4.78, 5) is 4.58. The molecule has 0 unspecified atom stereocenters. The third-order valence-corrected chi connectivity index (χ3v) is 4.03. The van der Waals surface area contributed by atoms with Crippen molar-refractivity contribution in [2.75, 3.05) is 0 Å². The molecule has 23 heavy (non-hydrogen) atoms. The lowest BCUT2D eigenvalue weighted by Gasteiger charge is -2.05. The molecule has 0 atom stereocenters. The Morgan fingerprint density at radius 1 is 0.783 bits per heavy atom. The van der Waals surface area contributed by atoms with Crippen LogP contribution in [0.15, 0.2) is 91.4 Å². The fraction of sp³-hybridized carbons (Fsp3) is 0.0476. The van der Waals surface area contributed by atoms with Gasteiger partial charge in [0.2, 0.25) is 0 Å². The molecule has 0 aliphatic heterocycles. The van der Waals surface area contributed by atoms with Gasteiger partial charge in [-0.2, -0.15) is 4.57 Å². The van der Waals surface area contributed by atoms with Gasteiger partial charge in [-0.05, 0) is 10.8 Å². The average Bonchev–Trinajstić information content (AvgIpc) is 2.62. The van der Waals surface area contributed by atoms with Crippen LogP contribution in [0.3, 0.4) is 0 Å². The molecule has 0 spiro atoms. The molecule has 2 nitrogen and oxygen atoms in total. The van der Waals surface area contributed by atoms with Gasteiger partial charge in [0.1, 0.15) is 5.69 Å². The Bertz CT molecular complexity index is 940. The van der Waals surface area contributed by atoms with Crippen molar-refractivity contribution in [2.45, 2.75) is 6.54 Å². The quantitative estimate of drug-likeness (QED) is 0.517. The summed E-state index contributed by atoms with van der Waals surface area (Å²) in [5, 5.41) is 2.48. The van der Waals surface area contributed by atoms with E-state index in [0.29, 0.717) is 0 Å². The Morgan fingerprint density at radius 2 is 1.57 bits per heavy atom. The maximum absolute atomic E-state index is 4.58. The topological polar surface area (TPSA) is 16.8 Å². The van der Waals surface area contributed by atoms with Crippen LogP contribution < -0.4 is 4.57 Å². The van der Waals surface area contributed by atoms with Crippen LogP contribution in [0.1, 0.15) is 5.56 Å². The SMILES string of the molecule is c1ccc(C[n+]2ccnc(-c3cccc4ccccc34)c2)cc1. The van der Waals surface area contributed by atoms with Gasteiger partial charge in [0, 0.05) is 11.1 Å². The highest BCUT2D eigenvalue weighted by molar-refractivity contribution is 5.95. The Hall–Kier alpha value is -3.00. The first-order valence-electron chi connectivity index (χ1n) is 7.77. The second-order valence-electron chi connectivity index (χ2n) is 5.63. The van der Waals surface area contributed by atoms with E-state index in [0.717, 1.165) is 12.2 Å². The summed E-state index contributed by atoms with van der Waals surface area (Å²) in [6.45, 7) is 0.848. The lowest BCUT2D eigenvalue weighted by atomic mass is 10.0. The van der Waals surface area contributed by atoms with Gasteiger partial charge >= 0.3 is 0 Å². The molecule has 1 heterocycles. The Labute approximate surface area is 135 Å². The number of nitrogens with zero attached hydrogens (tertiary/aromatic N) is 2. The molecule has 3 aromatic carbocycles. The lowest BCUT2D eigenvalue weighted by Crippen LogP contribution is -2.33. The van der Waals surface area contributed by atoms with Crippen molar-refractivity contribution in [3.8, 4) is 11.3 Å². The van der Waals surface area contributed by atoms with E-state index in [2.05, 4.69) is 82.5 Å². The third-order valence-electron chi connectivity index (χ3n) is 4.03. The van der Waals surface area contributed by atoms with Gasteiger partial charge in [-0.15, -0.1) is 0 Å². The molecular weight excluding hydrogens is 280 g/mol. The number of hydrogen-bond acceptors (Lipinski definition) is 1. The third kappa shape index (κ3) is 2.84. The van der Waals surface area contributed by atoms with Crippen LogP contribution in [0.5, 0.6) is 0 Å². The summed E-state index contributed by atoms with van der Waals surface area (Å²) in [5.41, 5.74) is 3.46. The van der Waals surface area contributed by atoms with E-state index in [9.17, 15) is 0 Å². The number of benzene rings is 3. The molecule has 110 valence electrons. The van der Waals surface area contributed by atoms with E-state index in [1.165, 1.54) is 21.9 Å². The molecule has 1 aromatic heterocycles. The molecule has 0 radical (unpaired) electrons. The summed E-state index contributed by atoms with van der Waals surface area (Å²) in [6, 6.07) is 25.3. The van der Waals surface area contributed by atoms with Crippen molar-refractivity contribution in [2.24, 2.45) is 0 Å². The van der Waals surface area contributed by atoms with Gasteiger partial charge in [0.05, 0.1) is 6.20 Å². The fourth-order valence-corrected chi connectivity index (χ4v) is 2.91. The lowest BCUT2D eigenvalue weighted by molar-refractivity contribution is -0.688. The maximum Gasteiger partial charge on any atom is 0.195 e. The Kier molecular flexibility index (Phi) is 3.57. The number of hydrogen-bond donors (Lipinski definition) is 0. The van der Waals surface area contributed by atoms with Crippen LogP contribution in [0.25, 0.3) is 22.0 Å². The number of fused-ring (bicyclic) bond motifs is 1. The van der Waals surface area contributed by atoms with E-state index in [4.69, 9.17) is 0 Å². The second kappa shape index (κ2) is 6.01. The van der Waals surface area contributed by atoms with Crippen LogP contribution in [-0.2, 0) is 6.54 Å². The molecule has 2 heteroatoms. The van der Waals surface area contributed by atoms with Crippen molar-refractivity contribution in [1.29, 1.82) is 0 Å². The van der Waals surface area contributed by atoms with Crippen molar-refractivity contribution in [3.05, 3.63) is 97.0 Å². The molecule has 0 fully saturated rings. The molecule has 0 aliphatic carbocycles. The molecule has 0 N–H and O–H groups in total. The molecule has 0 bridgehead atoms. The zero-order chi connectivity index (χ0) is 15.5. The molecular formula is C21H17N2+. The smallest absolute Gasteiger partial charge is 0.195 e. The van der Waals surface area contributed by atoms with E-state index in [1.54, 1.807) is 0 Å². The van der Waals surface area contributed by atoms with Crippen molar-refractivity contribution in [3.63, 3.8) is 0 Å². The summed E-state index contributed by atoms with van der Waals surface area (Å²) < 4.78 is 2.18. The van der Waals surface area contributed by atoms with Crippen LogP contribution in [0, 0.1) is 0 Å². The van der Waals surface area contributed by atoms with E-state index in [1.807, 2.05) is 18.5 Å². The molecule has 4 aromatic rings. The number of aromatic nitrogens is 2. The molecule has 0 saturated carbocycles. The van der Waals surface area contributed by atoms with Crippen LogP contribution in [-0.4, -0.2) is 4.98 Å². The Balaban J connectivity index is 1.76. The monoisotopic (exact) mass is 297 g/mol. The van der Waals surface area contributed by atoms with E-state index in [-0.39, 0.29) is 0 Å². The minimum absolute atomic E-state index is 0.848. The van der Waals surface area contributed by atoms with Crippen molar-refractivity contribution >= 4 is 10.8 Å². The molecule has 0 aliphatic rings. The van der Waals surface area contributed by atoms with Gasteiger partial charge < -0.3 is 0 Å². The molecule has 4 rings (SSSR count). The summed E-state index contributed by atoms with van der Waals surface area (Å²) >= 11 is 0. The van der Waals surface area contributed by atoms with Crippen LogP contribution in [0.4, 0.5) is 0 Å². The zero-order valence-electron chi connectivity index (χ0n) is 12.8. The average molecular weight is 297 g/mol. The second-order valence-corrected chi connectivity index (χ2v) is 5.63. The van der Waals surface area contributed by atoms with Gasteiger partial charge in [-0.3, -0.25) is 0 Å². The predicted molar refractivity (Wildman–Crippen MR) is 92.9 cm³/mol. The van der Waals surface area contributed by atoms with Crippen molar-refractivity contribution in [1.82, 2.24) is 4.98 Å². The van der Waals surface area contributed by atoms with Gasteiger partial charge in [-0.25, -0.2) is 4.98 Å². The maximum atomic E-state index is 4.58. The number of rotatable bonds is 3. The first-order valence-corrected chi connectivity index (χ1v) is 7.77. The van der Waals surface area contributed by atoms with Crippen LogP contribution >= 0.6 is 0 Å². The fourth-order valence-electron chi connectivity index (χ4n) is 2.91. The normalized spacial score (nSPS) is 10.8. The summed E-state index contributed by atoms with van der Waals surface area (Å²) in [6.07, 6.45) is 6.01. The minimum Gasteiger partial charge on any atom is -0.244 e. The highest BCUT2D eigenvalue weighted by Gasteiger charge is 2.10. The van der Waals surface area contributed by atoms with Crippen LogP contribution in [0.2, 0.25) is 0 Å². The van der Waals surface area contributed by atoms with E-state index >= 15 is 0 Å². The highest BCUT2D eigenvalue weighted by Crippen LogP contribution is 2.26. The summed E-state index contributed by atoms with van der Waals surface area (Å²) in [7, 11) is 0. The Morgan fingerprint density at radius 3 is 2.48 bits per heavy atom. The standard InChI is InChI=1S/C21H17N2/c1-2-7-17(8-3-1)15-23-14-13-22-21(16-23)20-12-6-10-18-9-4-5-11-19(18)20/h1-14,16H,15H2/q+1. The minimum atomic E-state index is 0.848. The van der Waals surface area contributed by atoms with Gasteiger partial charge in [-0.1, -0.05) is 72.8 Å². The first-order chi connectivity index (χ1) is 11.4. The van der Waals surface area contributed by atoms with Gasteiger partial charge in [0.15, 0.2) is 18.9 Å². The molecule has 0 amide bonds. The van der Waals surface area contributed by atoms with E-state index < -0.39 is 0 Å². The summed E-state index contributed by atoms with van der Waals surface area (Å²) in [5.74, 6) is 0. The van der Waals surface area contributed by atoms with Crippen molar-refractivity contribution < 1.29 is 4.57 Å². The first kappa shape index (κ1) is 13.6.